The van der Waals surface area contributed by atoms with Crippen molar-refractivity contribution in [2.45, 2.75) is 39.0 Å². The summed E-state index contributed by atoms with van der Waals surface area (Å²) < 4.78 is 7.75. The van der Waals surface area contributed by atoms with Crippen molar-refractivity contribution in [1.29, 1.82) is 0 Å². The first-order chi connectivity index (χ1) is 12.0. The molecule has 0 aliphatic carbocycles. The molecular weight excluding hydrogens is 336 g/mol. The highest BCUT2D eigenvalue weighted by Gasteiger charge is 2.16. The minimum atomic E-state index is -0.595. The van der Waals surface area contributed by atoms with Crippen LogP contribution in [0.2, 0.25) is 5.02 Å². The van der Waals surface area contributed by atoms with Gasteiger partial charge in [0, 0.05) is 10.9 Å². The van der Waals surface area contributed by atoms with E-state index >= 15 is 0 Å². The number of aliphatic hydroxyl groups excluding tert-OH is 1. The van der Waals surface area contributed by atoms with E-state index in [4.69, 9.17) is 21.3 Å². The Morgan fingerprint density at radius 3 is 2.56 bits per heavy atom. The van der Waals surface area contributed by atoms with Crippen LogP contribution in [-0.2, 0) is 17.9 Å². The highest BCUT2D eigenvalue weighted by molar-refractivity contribution is 6.30. The van der Waals surface area contributed by atoms with E-state index < -0.39 is 6.10 Å². The number of fused-ring (bicyclic) bond motifs is 1. The summed E-state index contributed by atoms with van der Waals surface area (Å²) in [5.74, 6) is 1.27. The lowest BCUT2D eigenvalue weighted by Crippen LogP contribution is -2.23. The zero-order valence-corrected chi connectivity index (χ0v) is 15.3. The number of hydrogen-bond acceptors (Lipinski definition) is 3. The number of rotatable bonds is 7. The van der Waals surface area contributed by atoms with E-state index in [0.717, 1.165) is 22.4 Å². The smallest absolute Gasteiger partial charge is 0.112 e. The Bertz CT molecular complexity index is 827. The highest BCUT2D eigenvalue weighted by Crippen LogP contribution is 2.22. The quantitative estimate of drug-likeness (QED) is 0.681. The first kappa shape index (κ1) is 17.9. The summed E-state index contributed by atoms with van der Waals surface area (Å²) in [7, 11) is 0. The highest BCUT2D eigenvalue weighted by atomic mass is 35.5. The van der Waals surface area contributed by atoms with Gasteiger partial charge in [-0.1, -0.05) is 49.7 Å². The summed E-state index contributed by atoms with van der Waals surface area (Å²) in [5.41, 5.74) is 3.04. The van der Waals surface area contributed by atoms with Crippen LogP contribution in [0.4, 0.5) is 0 Å². The Kier molecular flexibility index (Phi) is 5.74. The summed E-state index contributed by atoms with van der Waals surface area (Å²) in [6.07, 6.45) is -0.595. The molecule has 1 N–H and O–H groups in total. The molecule has 5 heteroatoms. The Labute approximate surface area is 153 Å². The molecule has 0 bridgehead atoms. The lowest BCUT2D eigenvalue weighted by Gasteiger charge is -2.16. The molecule has 4 nitrogen and oxygen atoms in total. The largest absolute Gasteiger partial charge is 0.389 e. The van der Waals surface area contributed by atoms with Crippen LogP contribution in [0.5, 0.6) is 0 Å². The second-order valence-corrected chi connectivity index (χ2v) is 6.96. The number of ether oxygens (including phenoxy) is 1. The number of hydrogen-bond donors (Lipinski definition) is 1. The number of aromatic nitrogens is 2. The molecule has 1 unspecified atom stereocenters. The van der Waals surface area contributed by atoms with Crippen LogP contribution >= 0.6 is 11.6 Å². The van der Waals surface area contributed by atoms with E-state index in [1.54, 1.807) is 0 Å². The minimum absolute atomic E-state index is 0.271. The van der Waals surface area contributed by atoms with Crippen molar-refractivity contribution in [3.8, 4) is 0 Å². The number of benzene rings is 2. The molecule has 3 aromatic rings. The van der Waals surface area contributed by atoms with Crippen molar-refractivity contribution in [2.75, 3.05) is 6.61 Å². The molecule has 0 fully saturated rings. The number of aliphatic hydroxyl groups is 1. The third-order valence-electron chi connectivity index (χ3n) is 4.09. The first-order valence-electron chi connectivity index (χ1n) is 8.50. The predicted molar refractivity (Wildman–Crippen MR) is 101 cm³/mol. The molecule has 0 saturated heterocycles. The van der Waals surface area contributed by atoms with Crippen molar-refractivity contribution in [3.05, 3.63) is 64.9 Å². The van der Waals surface area contributed by atoms with Gasteiger partial charge in [-0.05, 0) is 29.8 Å². The van der Waals surface area contributed by atoms with Gasteiger partial charge in [-0.3, -0.25) is 0 Å². The zero-order chi connectivity index (χ0) is 17.8. The summed E-state index contributed by atoms with van der Waals surface area (Å²) in [5, 5.41) is 11.1. The SMILES string of the molecule is CC(C)c1nc2ccccc2n1CC(O)COCc1ccc(Cl)cc1. The fourth-order valence-electron chi connectivity index (χ4n) is 2.88. The van der Waals surface area contributed by atoms with Crippen LogP contribution in [0.25, 0.3) is 11.0 Å². The molecule has 3 rings (SSSR count). The lowest BCUT2D eigenvalue weighted by molar-refractivity contribution is 0.0204. The van der Waals surface area contributed by atoms with E-state index in [0.29, 0.717) is 18.2 Å². The third-order valence-corrected chi connectivity index (χ3v) is 4.34. The maximum absolute atomic E-state index is 10.4. The Morgan fingerprint density at radius 1 is 1.12 bits per heavy atom. The topological polar surface area (TPSA) is 47.3 Å². The first-order valence-corrected chi connectivity index (χ1v) is 8.88. The number of para-hydroxylation sites is 2. The van der Waals surface area contributed by atoms with Gasteiger partial charge < -0.3 is 14.4 Å². The summed E-state index contributed by atoms with van der Waals surface area (Å²) in [6, 6.07) is 15.5. The molecule has 1 aromatic heterocycles. The molecule has 2 aromatic carbocycles. The van der Waals surface area contributed by atoms with Gasteiger partial charge in [0.15, 0.2) is 0 Å². The number of imidazole rings is 1. The molecule has 0 radical (unpaired) electrons. The molecule has 0 aliphatic heterocycles. The molecule has 25 heavy (non-hydrogen) atoms. The van der Waals surface area contributed by atoms with Gasteiger partial charge in [0.2, 0.25) is 0 Å². The fraction of sp³-hybridized carbons (Fsp3) is 0.350. The summed E-state index contributed by atoms with van der Waals surface area (Å²) in [6.45, 7) is 5.42. The minimum Gasteiger partial charge on any atom is -0.389 e. The summed E-state index contributed by atoms with van der Waals surface area (Å²) in [4.78, 5) is 4.70. The lowest BCUT2D eigenvalue weighted by atomic mass is 10.2. The standard InChI is InChI=1S/C20H23ClN2O2/c1-14(2)20-22-18-5-3-4-6-19(18)23(20)11-17(24)13-25-12-15-7-9-16(21)10-8-15/h3-10,14,17,24H,11-13H2,1-2H3. The van der Waals surface area contributed by atoms with E-state index in [1.165, 1.54) is 0 Å². The maximum Gasteiger partial charge on any atom is 0.112 e. The normalized spacial score (nSPS) is 12.8. The number of halogens is 1. The Balaban J connectivity index is 1.64. The van der Waals surface area contributed by atoms with E-state index in [2.05, 4.69) is 18.4 Å². The second-order valence-electron chi connectivity index (χ2n) is 6.52. The summed E-state index contributed by atoms with van der Waals surface area (Å²) >= 11 is 5.87. The Morgan fingerprint density at radius 2 is 1.84 bits per heavy atom. The number of nitrogens with zero attached hydrogens (tertiary/aromatic N) is 2. The molecule has 1 heterocycles. The molecular formula is C20H23ClN2O2. The van der Waals surface area contributed by atoms with E-state index in [9.17, 15) is 5.11 Å². The van der Waals surface area contributed by atoms with Gasteiger partial charge in [0.25, 0.3) is 0 Å². The van der Waals surface area contributed by atoms with Crippen LogP contribution in [0.15, 0.2) is 48.5 Å². The van der Waals surface area contributed by atoms with Crippen molar-refractivity contribution < 1.29 is 9.84 Å². The van der Waals surface area contributed by atoms with E-state index in [1.807, 2.05) is 48.5 Å². The van der Waals surface area contributed by atoms with Crippen LogP contribution in [0, 0.1) is 0 Å². The molecule has 0 aliphatic rings. The van der Waals surface area contributed by atoms with Crippen LogP contribution in [0.3, 0.4) is 0 Å². The molecule has 1 atom stereocenters. The van der Waals surface area contributed by atoms with Gasteiger partial charge >= 0.3 is 0 Å². The van der Waals surface area contributed by atoms with Crippen molar-refractivity contribution in [3.63, 3.8) is 0 Å². The van der Waals surface area contributed by atoms with Gasteiger partial charge in [0.1, 0.15) is 5.82 Å². The van der Waals surface area contributed by atoms with Gasteiger partial charge in [-0.2, -0.15) is 0 Å². The van der Waals surface area contributed by atoms with Crippen molar-refractivity contribution >= 4 is 22.6 Å². The van der Waals surface area contributed by atoms with Gasteiger partial charge in [-0.25, -0.2) is 4.98 Å². The maximum atomic E-state index is 10.4. The van der Waals surface area contributed by atoms with E-state index in [-0.39, 0.29) is 12.5 Å². The fourth-order valence-corrected chi connectivity index (χ4v) is 3.01. The third kappa shape index (κ3) is 4.40. The van der Waals surface area contributed by atoms with Gasteiger partial charge in [-0.15, -0.1) is 0 Å². The molecule has 132 valence electrons. The molecule has 0 saturated carbocycles. The van der Waals surface area contributed by atoms with Crippen LogP contribution in [0.1, 0.15) is 31.2 Å². The van der Waals surface area contributed by atoms with Crippen molar-refractivity contribution in [1.82, 2.24) is 9.55 Å². The molecule has 0 spiro atoms. The predicted octanol–water partition coefficient (Wildman–Crippen LogP) is 4.39. The zero-order valence-electron chi connectivity index (χ0n) is 14.5. The van der Waals surface area contributed by atoms with Crippen molar-refractivity contribution in [2.24, 2.45) is 0 Å². The Hall–Kier alpha value is -1.88. The van der Waals surface area contributed by atoms with Crippen LogP contribution in [-0.4, -0.2) is 27.4 Å². The average Bonchev–Trinajstić information content (AvgIpc) is 2.96. The second kappa shape index (κ2) is 8.00. The average molecular weight is 359 g/mol. The molecule has 0 amide bonds. The van der Waals surface area contributed by atoms with Gasteiger partial charge in [0.05, 0.1) is 36.9 Å². The van der Waals surface area contributed by atoms with Crippen LogP contribution < -0.4 is 0 Å². The monoisotopic (exact) mass is 358 g/mol.